The predicted octanol–water partition coefficient (Wildman–Crippen LogP) is -2.03. The summed E-state index contributed by atoms with van der Waals surface area (Å²) in [6.45, 7) is 11.4. The number of hydrogen-bond donors (Lipinski definition) is 0. The summed E-state index contributed by atoms with van der Waals surface area (Å²) in [5, 5.41) is 0. The molecule has 0 spiro atoms. The Labute approximate surface area is 124 Å². The molecule has 10 radical (unpaired) electrons. The molecule has 0 aromatic heterocycles. The van der Waals surface area contributed by atoms with Gasteiger partial charge in [0.05, 0.1) is 13.2 Å². The monoisotopic (exact) mass is 218 g/mol. The van der Waals surface area contributed by atoms with Gasteiger partial charge in [-0.05, 0) is 0 Å². The molecule has 0 heterocycles. The van der Waals surface area contributed by atoms with Gasteiger partial charge in [-0.15, -0.1) is 6.82 Å². The molecular formula is C5H15B13. The van der Waals surface area contributed by atoms with E-state index in [1.165, 1.54) is 0 Å². The van der Waals surface area contributed by atoms with E-state index < -0.39 is 12.8 Å². The van der Waals surface area contributed by atoms with Gasteiger partial charge in [0.15, 0.2) is 0 Å². The Bertz CT molecular complexity index is 189. The SMILES string of the molecule is [B]B([B])B(B([B])C)B(B([B])[B])B(B(C)C)B(C)C. The van der Waals surface area contributed by atoms with Crippen molar-refractivity contribution in [2.45, 2.75) is 34.1 Å². The largest absolute Gasteiger partial charge is 0.101 e. The molecule has 0 aromatic rings. The molecule has 0 saturated heterocycles. The van der Waals surface area contributed by atoms with Gasteiger partial charge in [0.1, 0.15) is 0 Å². The molecule has 13 heteroatoms. The minimum absolute atomic E-state index is 0.0324. The smallest absolute Gasteiger partial charge is 0.0850 e. The van der Waals surface area contributed by atoms with Crippen LogP contribution in [0.5, 0.6) is 0 Å². The number of rotatable bonds is 7. The van der Waals surface area contributed by atoms with Crippen LogP contribution in [0.25, 0.3) is 0 Å². The quantitative estimate of drug-likeness (QED) is 0.430. The van der Waals surface area contributed by atoms with Crippen LogP contribution in [0.4, 0.5) is 0 Å². The fourth-order valence-electron chi connectivity index (χ4n) is 3.39. The highest BCUT2D eigenvalue weighted by Gasteiger charge is 2.43. The van der Waals surface area contributed by atoms with Gasteiger partial charge in [-0.25, -0.2) is 0 Å². The summed E-state index contributed by atoms with van der Waals surface area (Å²) in [6, 6.07) is 0. The standard InChI is InChI=1S/C5H15B13/c1-11(2)16(12(3)4)18(15(9)10)17(13(5)6)14(7)8/h1-5H3. The Kier molecular flexibility index (Phi) is 8.59. The van der Waals surface area contributed by atoms with E-state index in [1.807, 2.05) is 6.82 Å². The lowest BCUT2D eigenvalue weighted by Gasteiger charge is -2.39. The third-order valence-corrected chi connectivity index (χ3v) is 3.92. The van der Waals surface area contributed by atoms with Gasteiger partial charge in [0, 0.05) is 77.1 Å². The van der Waals surface area contributed by atoms with Gasteiger partial charge in [-0.2, -0.15) is 0 Å². The number of hydrogen-bond acceptors (Lipinski definition) is 0. The molecule has 0 aromatic carbocycles. The first-order valence-corrected chi connectivity index (χ1v) is 6.89. The first kappa shape index (κ1) is 18.8. The molecule has 0 aliphatic heterocycles. The zero-order valence-electron chi connectivity index (χ0n) is 12.5. The molecule has 0 nitrogen and oxygen atoms in total. The maximum atomic E-state index is 6.04. The topological polar surface area (TPSA) is 0 Å². The van der Waals surface area contributed by atoms with Crippen LogP contribution in [0.3, 0.4) is 0 Å². The second-order valence-corrected chi connectivity index (χ2v) is 6.23. The summed E-state index contributed by atoms with van der Waals surface area (Å²) < 4.78 is 0. The lowest BCUT2D eigenvalue weighted by molar-refractivity contribution is 2.05. The molecule has 0 unspecified atom stereocenters. The van der Waals surface area contributed by atoms with Crippen LogP contribution in [0.1, 0.15) is 0 Å². The third kappa shape index (κ3) is 5.08. The zero-order chi connectivity index (χ0) is 14.6. The molecule has 0 N–H and O–H groups in total. The molecular weight excluding hydrogens is 201 g/mol. The van der Waals surface area contributed by atoms with Crippen molar-refractivity contribution in [1.82, 2.24) is 0 Å². The van der Waals surface area contributed by atoms with Crippen molar-refractivity contribution in [3.8, 4) is 0 Å². The lowest BCUT2D eigenvalue weighted by Crippen LogP contribution is -2.76. The average molecular weight is 216 g/mol. The van der Waals surface area contributed by atoms with Crippen molar-refractivity contribution in [3.63, 3.8) is 0 Å². The fourth-order valence-corrected chi connectivity index (χ4v) is 3.39. The van der Waals surface area contributed by atoms with Crippen molar-refractivity contribution >= 4 is 90.3 Å². The lowest BCUT2D eigenvalue weighted by atomic mass is 8.45. The summed E-state index contributed by atoms with van der Waals surface area (Å²) in [5.74, 6) is 0. The Morgan fingerprint density at radius 3 is 1.00 bits per heavy atom. The fraction of sp³-hybridized carbons (Fsp3) is 1.00. The minimum Gasteiger partial charge on any atom is -0.101 e. The predicted molar refractivity (Wildman–Crippen MR) is 104 cm³/mol. The van der Waals surface area contributed by atoms with Crippen LogP contribution in [0.15, 0.2) is 0 Å². The van der Waals surface area contributed by atoms with Gasteiger partial charge in [-0.3, -0.25) is 0 Å². The van der Waals surface area contributed by atoms with E-state index in [-0.39, 0.29) is 19.3 Å². The van der Waals surface area contributed by atoms with Crippen LogP contribution >= 0.6 is 0 Å². The summed E-state index contributed by atoms with van der Waals surface area (Å²) >= 11 is 0. The van der Waals surface area contributed by atoms with Crippen LogP contribution in [0, 0.1) is 0 Å². The van der Waals surface area contributed by atoms with Crippen molar-refractivity contribution in [2.75, 3.05) is 0 Å². The van der Waals surface area contributed by atoms with Gasteiger partial charge >= 0.3 is 0 Å². The minimum atomic E-state index is -0.496. The van der Waals surface area contributed by atoms with Crippen LogP contribution in [0.2, 0.25) is 34.1 Å². The Balaban J connectivity index is 5.37. The maximum Gasteiger partial charge on any atom is 0.0850 e. The van der Waals surface area contributed by atoms with Crippen LogP contribution in [-0.2, 0) is 0 Å². The third-order valence-electron chi connectivity index (χ3n) is 3.92. The van der Waals surface area contributed by atoms with E-state index in [2.05, 4.69) is 27.3 Å². The van der Waals surface area contributed by atoms with Gasteiger partial charge in [0.25, 0.3) is 0 Å². The second-order valence-electron chi connectivity index (χ2n) is 6.23. The van der Waals surface area contributed by atoms with E-state index in [0.29, 0.717) is 19.6 Å². The van der Waals surface area contributed by atoms with Crippen LogP contribution < -0.4 is 0 Å². The summed E-state index contributed by atoms with van der Waals surface area (Å²) in [4.78, 5) is 0. The highest BCUT2D eigenvalue weighted by Crippen LogP contribution is 2.08. The molecule has 0 amide bonds. The first-order valence-electron chi connectivity index (χ1n) is 6.89. The highest BCUT2D eigenvalue weighted by atomic mass is 13.4. The van der Waals surface area contributed by atoms with Crippen LogP contribution in [-0.4, -0.2) is 90.3 Å². The van der Waals surface area contributed by atoms with Crippen molar-refractivity contribution < 1.29 is 0 Å². The van der Waals surface area contributed by atoms with E-state index in [9.17, 15) is 0 Å². The normalized spacial score (nSPS) is 9.39. The van der Waals surface area contributed by atoms with Gasteiger partial charge in [-0.1, -0.05) is 27.3 Å². The Hall–Kier alpha value is 0.844. The van der Waals surface area contributed by atoms with Crippen molar-refractivity contribution in [3.05, 3.63) is 0 Å². The van der Waals surface area contributed by atoms with Crippen molar-refractivity contribution in [1.29, 1.82) is 0 Å². The second kappa shape index (κ2) is 8.20. The molecule has 0 bridgehead atoms. The Morgan fingerprint density at radius 1 is 0.500 bits per heavy atom. The van der Waals surface area contributed by atoms with E-state index in [1.54, 1.807) is 0 Å². The van der Waals surface area contributed by atoms with Gasteiger partial charge in [0.2, 0.25) is 0 Å². The molecule has 0 aliphatic carbocycles. The highest BCUT2D eigenvalue weighted by molar-refractivity contribution is 8.10. The zero-order valence-corrected chi connectivity index (χ0v) is 12.5. The molecule has 0 saturated carbocycles. The molecule has 0 fully saturated rings. The van der Waals surface area contributed by atoms with Gasteiger partial charge < -0.3 is 0 Å². The Morgan fingerprint density at radius 2 is 0.833 bits per heavy atom. The summed E-state index contributed by atoms with van der Waals surface area (Å²) in [7, 11) is 29.8. The van der Waals surface area contributed by atoms with Crippen molar-refractivity contribution in [2.24, 2.45) is 0 Å². The first-order chi connectivity index (χ1) is 8.11. The van der Waals surface area contributed by atoms with E-state index in [4.69, 9.17) is 38.7 Å². The molecule has 0 rings (SSSR count). The molecule has 0 aliphatic rings. The summed E-state index contributed by atoms with van der Waals surface area (Å²) in [5.41, 5.74) is 0. The average Bonchev–Trinajstić information content (AvgIpc) is 2.13. The molecule has 0 atom stereocenters. The van der Waals surface area contributed by atoms with E-state index in [0.717, 1.165) is 0 Å². The van der Waals surface area contributed by atoms with E-state index >= 15 is 0 Å². The summed E-state index contributed by atoms with van der Waals surface area (Å²) in [6.07, 6.45) is -0.629. The maximum absolute atomic E-state index is 6.04. The molecule has 18 heavy (non-hydrogen) atoms. The molecule has 74 valence electrons.